The lowest BCUT2D eigenvalue weighted by Crippen LogP contribution is -2.05. The van der Waals surface area contributed by atoms with Crippen LogP contribution in [0.15, 0.2) is 12.1 Å². The van der Waals surface area contributed by atoms with E-state index in [2.05, 4.69) is 4.98 Å². The number of imidazole rings is 1. The van der Waals surface area contributed by atoms with E-state index in [9.17, 15) is 8.78 Å². The minimum absolute atomic E-state index is 0.203. The van der Waals surface area contributed by atoms with Crippen LogP contribution in [0.2, 0.25) is 0 Å². The van der Waals surface area contributed by atoms with Crippen LogP contribution in [-0.4, -0.2) is 9.55 Å². The van der Waals surface area contributed by atoms with Crippen molar-refractivity contribution in [2.24, 2.45) is 0 Å². The zero-order chi connectivity index (χ0) is 12.6. The molecular formula is C12H13ClF2N2. The molecule has 0 saturated carbocycles. The van der Waals surface area contributed by atoms with Crippen molar-refractivity contribution in [1.29, 1.82) is 0 Å². The Hall–Kier alpha value is -1.16. The van der Waals surface area contributed by atoms with Crippen molar-refractivity contribution in [2.75, 3.05) is 0 Å². The van der Waals surface area contributed by atoms with Crippen molar-refractivity contribution < 1.29 is 8.78 Å². The fourth-order valence-electron chi connectivity index (χ4n) is 1.93. The van der Waals surface area contributed by atoms with E-state index in [4.69, 9.17) is 11.6 Å². The normalized spacial score (nSPS) is 13.2. The highest BCUT2D eigenvalue weighted by molar-refractivity contribution is 6.20. The Morgan fingerprint density at radius 3 is 2.71 bits per heavy atom. The second-order valence-electron chi connectivity index (χ2n) is 3.97. The number of hydrogen-bond acceptors (Lipinski definition) is 1. The molecule has 0 spiro atoms. The molecule has 1 atom stereocenters. The molecule has 92 valence electrons. The molecule has 2 rings (SSSR count). The highest BCUT2D eigenvalue weighted by Crippen LogP contribution is 2.27. The Bertz CT molecular complexity index is 549. The highest BCUT2D eigenvalue weighted by atomic mass is 35.5. The van der Waals surface area contributed by atoms with Crippen LogP contribution in [0.25, 0.3) is 11.0 Å². The predicted molar refractivity (Wildman–Crippen MR) is 64.2 cm³/mol. The molecular weight excluding hydrogens is 246 g/mol. The third kappa shape index (κ3) is 2.02. The zero-order valence-electron chi connectivity index (χ0n) is 9.67. The lowest BCUT2D eigenvalue weighted by molar-refractivity contribution is 0.509. The van der Waals surface area contributed by atoms with Gasteiger partial charge >= 0.3 is 0 Å². The number of benzene rings is 1. The molecule has 1 unspecified atom stereocenters. The van der Waals surface area contributed by atoms with Gasteiger partial charge in [-0.1, -0.05) is 6.92 Å². The third-order valence-electron chi connectivity index (χ3n) is 2.63. The molecule has 0 aliphatic rings. The molecule has 0 radical (unpaired) electrons. The third-order valence-corrected chi connectivity index (χ3v) is 2.83. The van der Waals surface area contributed by atoms with Gasteiger partial charge in [-0.15, -0.1) is 11.6 Å². The number of hydrogen-bond donors (Lipinski definition) is 0. The summed E-state index contributed by atoms with van der Waals surface area (Å²) < 4.78 is 28.7. The van der Waals surface area contributed by atoms with E-state index < -0.39 is 11.6 Å². The van der Waals surface area contributed by atoms with Crippen molar-refractivity contribution in [2.45, 2.75) is 32.2 Å². The molecule has 0 fully saturated rings. The van der Waals surface area contributed by atoms with Crippen LogP contribution in [0.1, 0.15) is 31.5 Å². The van der Waals surface area contributed by atoms with Gasteiger partial charge in [-0.05, 0) is 25.5 Å². The first-order chi connectivity index (χ1) is 8.06. The van der Waals surface area contributed by atoms with Crippen molar-refractivity contribution in [3.8, 4) is 0 Å². The summed E-state index contributed by atoms with van der Waals surface area (Å²) in [7, 11) is 0. The van der Waals surface area contributed by atoms with Crippen LogP contribution < -0.4 is 0 Å². The van der Waals surface area contributed by atoms with Crippen molar-refractivity contribution in [3.05, 3.63) is 29.6 Å². The van der Waals surface area contributed by atoms with Gasteiger partial charge in [-0.25, -0.2) is 13.8 Å². The second kappa shape index (κ2) is 4.61. The molecule has 5 heteroatoms. The number of halogens is 3. The molecule has 1 aromatic carbocycles. The molecule has 1 heterocycles. The predicted octanol–water partition coefficient (Wildman–Crippen LogP) is 4.02. The second-order valence-corrected chi connectivity index (χ2v) is 4.62. The van der Waals surface area contributed by atoms with Gasteiger partial charge in [0.2, 0.25) is 0 Å². The Morgan fingerprint density at radius 1 is 1.41 bits per heavy atom. The van der Waals surface area contributed by atoms with Crippen LogP contribution in [-0.2, 0) is 6.54 Å². The van der Waals surface area contributed by atoms with Gasteiger partial charge in [0, 0.05) is 6.54 Å². The lowest BCUT2D eigenvalue weighted by Gasteiger charge is -2.09. The molecule has 0 aliphatic carbocycles. The Kier molecular flexibility index (Phi) is 3.33. The average Bonchev–Trinajstić information content (AvgIpc) is 2.64. The van der Waals surface area contributed by atoms with E-state index in [1.807, 2.05) is 6.92 Å². The van der Waals surface area contributed by atoms with Crippen LogP contribution >= 0.6 is 11.6 Å². The fraction of sp³-hybridized carbons (Fsp3) is 0.417. The van der Waals surface area contributed by atoms with Gasteiger partial charge in [0.1, 0.15) is 11.3 Å². The first-order valence-corrected chi connectivity index (χ1v) is 5.98. The molecule has 17 heavy (non-hydrogen) atoms. The van der Waals surface area contributed by atoms with Crippen molar-refractivity contribution in [3.63, 3.8) is 0 Å². The first-order valence-electron chi connectivity index (χ1n) is 5.54. The Labute approximate surface area is 103 Å². The van der Waals surface area contributed by atoms with Crippen LogP contribution in [0.4, 0.5) is 8.78 Å². The van der Waals surface area contributed by atoms with Crippen LogP contribution in [0.3, 0.4) is 0 Å². The van der Waals surface area contributed by atoms with Gasteiger partial charge in [0.25, 0.3) is 0 Å². The number of nitrogens with zero attached hydrogens (tertiary/aromatic N) is 2. The SMILES string of the molecule is CCCn1c(C(C)Cl)nc2ccc(F)c(F)c21. The van der Waals surface area contributed by atoms with E-state index in [0.29, 0.717) is 17.9 Å². The summed E-state index contributed by atoms with van der Waals surface area (Å²) in [6.07, 6.45) is 0.804. The number of aromatic nitrogens is 2. The summed E-state index contributed by atoms with van der Waals surface area (Å²) in [4.78, 5) is 4.26. The molecule has 1 aromatic heterocycles. The Balaban J connectivity index is 2.77. The van der Waals surface area contributed by atoms with Gasteiger partial charge in [0.05, 0.1) is 10.9 Å². The number of rotatable bonds is 3. The topological polar surface area (TPSA) is 17.8 Å². The van der Waals surface area contributed by atoms with E-state index >= 15 is 0 Å². The quantitative estimate of drug-likeness (QED) is 0.760. The zero-order valence-corrected chi connectivity index (χ0v) is 10.4. The van der Waals surface area contributed by atoms with E-state index in [1.165, 1.54) is 6.07 Å². The standard InChI is InChI=1S/C12H13ClF2N2/c1-3-6-17-11-9(16-12(17)7(2)13)5-4-8(14)10(11)15/h4-5,7H,3,6H2,1-2H3. The fourth-order valence-corrected chi connectivity index (χ4v) is 2.10. The maximum atomic E-state index is 13.8. The van der Waals surface area contributed by atoms with E-state index in [-0.39, 0.29) is 10.9 Å². The van der Waals surface area contributed by atoms with E-state index in [0.717, 1.165) is 12.5 Å². The summed E-state index contributed by atoms with van der Waals surface area (Å²) in [5, 5.41) is -0.337. The number of fused-ring (bicyclic) bond motifs is 1. The summed E-state index contributed by atoms with van der Waals surface area (Å²) in [5.41, 5.74) is 0.647. The molecule has 2 nitrogen and oxygen atoms in total. The van der Waals surface area contributed by atoms with Gasteiger partial charge in [-0.3, -0.25) is 0 Å². The largest absolute Gasteiger partial charge is 0.324 e. The summed E-state index contributed by atoms with van der Waals surface area (Å²) in [5.74, 6) is -1.14. The van der Waals surface area contributed by atoms with E-state index in [1.54, 1.807) is 11.5 Å². The minimum Gasteiger partial charge on any atom is -0.324 e. The maximum absolute atomic E-state index is 13.8. The molecule has 0 bridgehead atoms. The smallest absolute Gasteiger partial charge is 0.184 e. The minimum atomic E-state index is -0.858. The lowest BCUT2D eigenvalue weighted by atomic mass is 10.3. The highest BCUT2D eigenvalue weighted by Gasteiger charge is 2.19. The summed E-state index contributed by atoms with van der Waals surface area (Å²) >= 11 is 6.01. The van der Waals surface area contributed by atoms with Gasteiger partial charge in [-0.2, -0.15) is 0 Å². The summed E-state index contributed by atoms with van der Waals surface area (Å²) in [6.45, 7) is 4.30. The number of aryl methyl sites for hydroxylation is 1. The maximum Gasteiger partial charge on any atom is 0.184 e. The van der Waals surface area contributed by atoms with Crippen molar-refractivity contribution in [1.82, 2.24) is 9.55 Å². The van der Waals surface area contributed by atoms with Crippen LogP contribution in [0, 0.1) is 11.6 Å². The van der Waals surface area contributed by atoms with Crippen LogP contribution in [0.5, 0.6) is 0 Å². The first kappa shape index (κ1) is 12.3. The van der Waals surface area contributed by atoms with Gasteiger partial charge < -0.3 is 4.57 Å². The summed E-state index contributed by atoms with van der Waals surface area (Å²) in [6, 6.07) is 2.56. The molecule has 0 saturated heterocycles. The van der Waals surface area contributed by atoms with Gasteiger partial charge in [0.15, 0.2) is 11.6 Å². The molecule has 0 aliphatic heterocycles. The van der Waals surface area contributed by atoms with Crippen molar-refractivity contribution >= 4 is 22.6 Å². The average molecular weight is 259 g/mol. The molecule has 0 N–H and O–H groups in total. The molecule has 0 amide bonds. The number of alkyl halides is 1. The molecule has 2 aromatic rings. The Morgan fingerprint density at radius 2 is 2.12 bits per heavy atom. The monoisotopic (exact) mass is 258 g/mol.